The van der Waals surface area contributed by atoms with E-state index in [4.69, 9.17) is 11.6 Å². The Morgan fingerprint density at radius 3 is 2.61 bits per heavy atom. The average Bonchev–Trinajstić information content (AvgIpc) is 2.26. The van der Waals surface area contributed by atoms with Crippen molar-refractivity contribution in [3.8, 4) is 5.88 Å². The quantitative estimate of drug-likeness (QED) is 0.594. The normalized spacial score (nSPS) is 11.9. The van der Waals surface area contributed by atoms with E-state index in [1.54, 1.807) is 0 Å². The molecule has 18 heavy (non-hydrogen) atoms. The fourth-order valence-electron chi connectivity index (χ4n) is 1.08. The van der Waals surface area contributed by atoms with Gasteiger partial charge in [-0.05, 0) is 6.42 Å². The first kappa shape index (κ1) is 14.9. The second-order valence-corrected chi connectivity index (χ2v) is 3.93. The molecule has 0 aliphatic heterocycles. The molecule has 102 valence electrons. The van der Waals surface area contributed by atoms with Crippen LogP contribution in [0.25, 0.3) is 0 Å². The van der Waals surface area contributed by atoms with Gasteiger partial charge in [0, 0.05) is 12.5 Å². The summed E-state index contributed by atoms with van der Waals surface area (Å²) in [5.74, 6) is -4.14. The molecule has 1 rings (SSSR count). The minimum absolute atomic E-state index is 0.0174. The van der Waals surface area contributed by atoms with Crippen molar-refractivity contribution >= 4 is 11.6 Å². The first-order valence-corrected chi connectivity index (χ1v) is 5.55. The number of ether oxygens (including phenoxy) is 1. The summed E-state index contributed by atoms with van der Waals surface area (Å²) in [4.78, 5) is 7.63. The fraction of sp³-hybridized carbons (Fsp3) is 0.600. The Morgan fingerprint density at radius 2 is 2.06 bits per heavy atom. The molecule has 0 aliphatic carbocycles. The molecule has 0 radical (unpaired) electrons. The van der Waals surface area contributed by atoms with Crippen molar-refractivity contribution in [1.82, 2.24) is 9.97 Å². The van der Waals surface area contributed by atoms with E-state index in [-0.39, 0.29) is 11.0 Å². The highest BCUT2D eigenvalue weighted by Crippen LogP contribution is 2.24. The van der Waals surface area contributed by atoms with Gasteiger partial charge < -0.3 is 4.74 Å². The summed E-state index contributed by atoms with van der Waals surface area (Å²) in [6, 6.07) is 1.10. The predicted molar refractivity (Wildman–Crippen MR) is 57.5 cm³/mol. The molecule has 0 atom stereocenters. The highest BCUT2D eigenvalue weighted by atomic mass is 35.5. The maximum absolute atomic E-state index is 12.6. The average molecular weight is 287 g/mol. The number of rotatable bonds is 6. The van der Waals surface area contributed by atoms with E-state index >= 15 is 0 Å². The summed E-state index contributed by atoms with van der Waals surface area (Å²) in [6.45, 7) is 0.416. The largest absolute Gasteiger partial charge is 0.471 e. The first-order chi connectivity index (χ1) is 8.35. The topological polar surface area (TPSA) is 35.0 Å². The summed E-state index contributed by atoms with van der Waals surface area (Å²) in [6.07, 6.45) is -2.57. The Kier molecular flexibility index (Phi) is 5.13. The third-order valence-electron chi connectivity index (χ3n) is 1.92. The predicted octanol–water partition coefficient (Wildman–Crippen LogP) is 3.36. The molecule has 0 bridgehead atoms. The molecular formula is C10H11ClF4N2O. The molecule has 8 heteroatoms. The van der Waals surface area contributed by atoms with Gasteiger partial charge in [-0.15, -0.1) is 0 Å². The van der Waals surface area contributed by atoms with Gasteiger partial charge in [0.05, 0.1) is 0 Å². The zero-order valence-electron chi connectivity index (χ0n) is 9.47. The Morgan fingerprint density at radius 1 is 1.39 bits per heavy atom. The minimum atomic E-state index is -4.22. The Hall–Kier alpha value is -1.11. The third-order valence-corrected chi connectivity index (χ3v) is 2.12. The molecule has 0 spiro atoms. The number of nitrogens with zero attached hydrogens (tertiary/aromatic N) is 2. The van der Waals surface area contributed by atoms with Crippen LogP contribution in [0.3, 0.4) is 0 Å². The summed E-state index contributed by atoms with van der Waals surface area (Å²) >= 11 is 5.63. The van der Waals surface area contributed by atoms with Crippen LogP contribution < -0.4 is 4.74 Å². The van der Waals surface area contributed by atoms with Gasteiger partial charge in [-0.1, -0.05) is 18.5 Å². The summed E-state index contributed by atoms with van der Waals surface area (Å²) < 4.78 is 53.6. The van der Waals surface area contributed by atoms with Crippen LogP contribution in [0.15, 0.2) is 6.07 Å². The van der Waals surface area contributed by atoms with Crippen molar-refractivity contribution in [2.45, 2.75) is 32.1 Å². The summed E-state index contributed by atoms with van der Waals surface area (Å²) in [5.41, 5.74) is 0. The molecule has 0 saturated heterocycles. The Balaban J connectivity index is 2.73. The third kappa shape index (κ3) is 4.29. The second-order valence-electron chi connectivity index (χ2n) is 3.55. The van der Waals surface area contributed by atoms with Gasteiger partial charge in [-0.2, -0.15) is 13.8 Å². The van der Waals surface area contributed by atoms with E-state index in [1.807, 2.05) is 6.92 Å². The molecule has 0 saturated carbocycles. The van der Waals surface area contributed by atoms with Crippen LogP contribution in [0.4, 0.5) is 17.6 Å². The van der Waals surface area contributed by atoms with Crippen molar-refractivity contribution in [3.05, 3.63) is 17.0 Å². The monoisotopic (exact) mass is 286 g/mol. The SMILES string of the molecule is CCCc1nc(Cl)cc(OCC(F)(F)C(F)F)n1. The van der Waals surface area contributed by atoms with E-state index in [0.717, 1.165) is 12.5 Å². The highest BCUT2D eigenvalue weighted by molar-refractivity contribution is 6.29. The molecule has 0 aliphatic rings. The molecular weight excluding hydrogens is 276 g/mol. The van der Waals surface area contributed by atoms with Crippen LogP contribution in [-0.4, -0.2) is 28.9 Å². The second kappa shape index (κ2) is 6.17. The summed E-state index contributed by atoms with van der Waals surface area (Å²) in [5, 5.41) is 0.0174. The molecule has 0 N–H and O–H groups in total. The van der Waals surface area contributed by atoms with Gasteiger partial charge in [-0.3, -0.25) is 0 Å². The van der Waals surface area contributed by atoms with Crippen LogP contribution in [0, 0.1) is 0 Å². The van der Waals surface area contributed by atoms with Crippen LogP contribution in [0.5, 0.6) is 5.88 Å². The van der Waals surface area contributed by atoms with Crippen LogP contribution in [0.1, 0.15) is 19.2 Å². The molecule has 1 heterocycles. The molecule has 0 fully saturated rings. The maximum Gasteiger partial charge on any atom is 0.340 e. The zero-order chi connectivity index (χ0) is 13.8. The van der Waals surface area contributed by atoms with Gasteiger partial charge in [-0.25, -0.2) is 13.8 Å². The number of aryl methyl sites for hydroxylation is 1. The molecule has 0 unspecified atom stereocenters. The van der Waals surface area contributed by atoms with E-state index in [0.29, 0.717) is 12.2 Å². The van der Waals surface area contributed by atoms with Gasteiger partial charge in [0.1, 0.15) is 11.0 Å². The van der Waals surface area contributed by atoms with Gasteiger partial charge in [0.25, 0.3) is 0 Å². The number of halogens is 5. The fourth-order valence-corrected chi connectivity index (χ4v) is 1.28. The zero-order valence-corrected chi connectivity index (χ0v) is 10.2. The Labute approximate surface area is 106 Å². The van der Waals surface area contributed by atoms with Crippen molar-refractivity contribution < 1.29 is 22.3 Å². The lowest BCUT2D eigenvalue weighted by atomic mass is 10.3. The van der Waals surface area contributed by atoms with E-state index in [2.05, 4.69) is 14.7 Å². The van der Waals surface area contributed by atoms with Crippen molar-refractivity contribution in [3.63, 3.8) is 0 Å². The van der Waals surface area contributed by atoms with E-state index in [9.17, 15) is 17.6 Å². The molecule has 3 nitrogen and oxygen atoms in total. The van der Waals surface area contributed by atoms with Crippen LogP contribution in [0.2, 0.25) is 5.15 Å². The lowest BCUT2D eigenvalue weighted by Crippen LogP contribution is -2.34. The molecule has 1 aromatic rings. The maximum atomic E-state index is 12.6. The van der Waals surface area contributed by atoms with E-state index in [1.165, 1.54) is 0 Å². The Bertz CT molecular complexity index is 403. The number of hydrogen-bond donors (Lipinski definition) is 0. The molecule has 0 amide bonds. The van der Waals surface area contributed by atoms with Gasteiger partial charge >= 0.3 is 12.3 Å². The van der Waals surface area contributed by atoms with Crippen molar-refractivity contribution in [2.75, 3.05) is 6.61 Å². The van der Waals surface area contributed by atoms with Crippen molar-refractivity contribution in [1.29, 1.82) is 0 Å². The molecule has 1 aromatic heterocycles. The van der Waals surface area contributed by atoms with Crippen LogP contribution >= 0.6 is 11.6 Å². The lowest BCUT2D eigenvalue weighted by molar-refractivity contribution is -0.148. The molecule has 0 aromatic carbocycles. The highest BCUT2D eigenvalue weighted by Gasteiger charge is 2.41. The van der Waals surface area contributed by atoms with Gasteiger partial charge in [0.2, 0.25) is 5.88 Å². The number of alkyl halides is 4. The standard InChI is InChI=1S/C10H11ClF4N2O/c1-2-3-7-16-6(11)4-8(17-7)18-5-10(14,15)9(12)13/h4,9H,2-3,5H2,1H3. The van der Waals surface area contributed by atoms with Gasteiger partial charge in [0.15, 0.2) is 6.61 Å². The van der Waals surface area contributed by atoms with Crippen molar-refractivity contribution in [2.24, 2.45) is 0 Å². The minimum Gasteiger partial charge on any atom is -0.471 e. The lowest BCUT2D eigenvalue weighted by Gasteiger charge is -2.15. The van der Waals surface area contributed by atoms with Crippen LogP contribution in [-0.2, 0) is 6.42 Å². The number of hydrogen-bond acceptors (Lipinski definition) is 3. The smallest absolute Gasteiger partial charge is 0.340 e. The van der Waals surface area contributed by atoms with E-state index < -0.39 is 19.0 Å². The summed E-state index contributed by atoms with van der Waals surface area (Å²) in [7, 11) is 0. The number of aromatic nitrogens is 2. The first-order valence-electron chi connectivity index (χ1n) is 5.17.